The first-order chi connectivity index (χ1) is 10.8. The number of carbonyl (C=O) groups is 1. The molecule has 1 N–H and O–H groups in total. The van der Waals surface area contributed by atoms with Gasteiger partial charge in [0.2, 0.25) is 5.91 Å². The van der Waals surface area contributed by atoms with E-state index in [9.17, 15) is 4.79 Å². The van der Waals surface area contributed by atoms with E-state index in [-0.39, 0.29) is 17.4 Å². The summed E-state index contributed by atoms with van der Waals surface area (Å²) in [6.07, 6.45) is 0. The van der Waals surface area contributed by atoms with E-state index in [4.69, 9.17) is 0 Å². The fourth-order valence-corrected chi connectivity index (χ4v) is 2.88. The van der Waals surface area contributed by atoms with Crippen molar-refractivity contribution >= 4 is 5.91 Å². The van der Waals surface area contributed by atoms with E-state index >= 15 is 0 Å². The predicted molar refractivity (Wildman–Crippen MR) is 95.6 cm³/mol. The third kappa shape index (κ3) is 4.79. The maximum absolute atomic E-state index is 12.4. The van der Waals surface area contributed by atoms with E-state index in [1.54, 1.807) is 0 Å². The summed E-state index contributed by atoms with van der Waals surface area (Å²) in [6.45, 7) is 12.8. The Bertz CT molecular complexity index is 512. The fourth-order valence-electron chi connectivity index (χ4n) is 2.88. The zero-order valence-corrected chi connectivity index (χ0v) is 15.2. The monoisotopic (exact) mass is 317 g/mol. The molecule has 4 heteroatoms. The van der Waals surface area contributed by atoms with Crippen molar-refractivity contribution in [2.24, 2.45) is 0 Å². The summed E-state index contributed by atoms with van der Waals surface area (Å²) in [6, 6.07) is 9.03. The number of likely N-dealkylation sites (N-methyl/N-ethyl adjacent to an activating group) is 1. The van der Waals surface area contributed by atoms with Gasteiger partial charge in [-0.2, -0.15) is 0 Å². The molecule has 4 nitrogen and oxygen atoms in total. The molecule has 1 unspecified atom stereocenters. The lowest BCUT2D eigenvalue weighted by Gasteiger charge is -2.31. The third-order valence-corrected chi connectivity index (χ3v) is 4.77. The van der Waals surface area contributed by atoms with Crippen molar-refractivity contribution in [2.45, 2.75) is 39.2 Å². The number of nitrogens with one attached hydrogen (secondary N) is 1. The van der Waals surface area contributed by atoms with Gasteiger partial charge in [-0.3, -0.25) is 9.69 Å². The second kappa shape index (κ2) is 7.45. The molecule has 0 aromatic heterocycles. The molecule has 1 fully saturated rings. The highest BCUT2D eigenvalue weighted by Gasteiger charge is 2.21. The van der Waals surface area contributed by atoms with Gasteiger partial charge in [-0.05, 0) is 30.5 Å². The summed E-state index contributed by atoms with van der Waals surface area (Å²) >= 11 is 0. The Labute approximate surface area is 140 Å². The van der Waals surface area contributed by atoms with Crippen LogP contribution in [0.15, 0.2) is 24.3 Å². The lowest BCUT2D eigenvalue weighted by Crippen LogP contribution is -2.49. The number of piperazine rings is 1. The second-order valence-electron chi connectivity index (χ2n) is 7.59. The van der Waals surface area contributed by atoms with Gasteiger partial charge < -0.3 is 10.2 Å². The highest BCUT2D eigenvalue weighted by molar-refractivity contribution is 5.78. The number of nitrogens with zero attached hydrogens (tertiary/aromatic N) is 2. The lowest BCUT2D eigenvalue weighted by atomic mass is 9.86. The van der Waals surface area contributed by atoms with Gasteiger partial charge in [-0.1, -0.05) is 45.0 Å². The van der Waals surface area contributed by atoms with E-state index in [0.29, 0.717) is 6.54 Å². The summed E-state index contributed by atoms with van der Waals surface area (Å²) in [5, 5.41) is 3.28. The van der Waals surface area contributed by atoms with E-state index in [0.717, 1.165) is 26.2 Å². The molecule has 1 aliphatic heterocycles. The SMILES string of the molecule is CC(c1ccc(C(C)(C)C)cc1)N(C)CC(=O)N1CCNCC1. The minimum Gasteiger partial charge on any atom is -0.339 e. The van der Waals surface area contributed by atoms with Crippen molar-refractivity contribution in [3.8, 4) is 0 Å². The van der Waals surface area contributed by atoms with Crippen molar-refractivity contribution in [3.63, 3.8) is 0 Å². The molecule has 128 valence electrons. The summed E-state index contributed by atoms with van der Waals surface area (Å²) < 4.78 is 0. The Morgan fingerprint density at radius 3 is 2.30 bits per heavy atom. The first-order valence-corrected chi connectivity index (χ1v) is 8.58. The van der Waals surface area contributed by atoms with Crippen LogP contribution in [-0.2, 0) is 10.2 Å². The van der Waals surface area contributed by atoms with Crippen molar-refractivity contribution in [1.82, 2.24) is 15.1 Å². The van der Waals surface area contributed by atoms with Crippen molar-refractivity contribution in [3.05, 3.63) is 35.4 Å². The molecule has 1 aromatic rings. The normalized spacial score (nSPS) is 17.4. The van der Waals surface area contributed by atoms with Gasteiger partial charge >= 0.3 is 0 Å². The van der Waals surface area contributed by atoms with Crippen LogP contribution >= 0.6 is 0 Å². The highest BCUT2D eigenvalue weighted by atomic mass is 16.2. The van der Waals surface area contributed by atoms with Crippen LogP contribution in [0, 0.1) is 0 Å². The van der Waals surface area contributed by atoms with Crippen LogP contribution in [0.3, 0.4) is 0 Å². The van der Waals surface area contributed by atoms with Crippen LogP contribution in [-0.4, -0.2) is 55.5 Å². The molecule has 1 amide bonds. The second-order valence-corrected chi connectivity index (χ2v) is 7.59. The molecule has 1 aliphatic rings. The molecule has 1 aromatic carbocycles. The quantitative estimate of drug-likeness (QED) is 0.926. The number of carbonyl (C=O) groups excluding carboxylic acids is 1. The maximum Gasteiger partial charge on any atom is 0.236 e. The molecular formula is C19H31N3O. The molecule has 0 spiro atoms. The van der Waals surface area contributed by atoms with Gasteiger partial charge in [-0.25, -0.2) is 0 Å². The van der Waals surface area contributed by atoms with Gasteiger partial charge in [0.15, 0.2) is 0 Å². The van der Waals surface area contributed by atoms with E-state index in [1.807, 2.05) is 11.9 Å². The van der Waals surface area contributed by atoms with Crippen LogP contribution in [0.5, 0.6) is 0 Å². The van der Waals surface area contributed by atoms with Crippen molar-refractivity contribution in [2.75, 3.05) is 39.8 Å². The standard InChI is InChI=1S/C19H31N3O/c1-15(16-6-8-17(9-7-16)19(2,3)4)21(5)14-18(23)22-12-10-20-11-13-22/h6-9,15,20H,10-14H2,1-5H3. The number of amides is 1. The van der Waals surface area contributed by atoms with Gasteiger partial charge in [-0.15, -0.1) is 0 Å². The summed E-state index contributed by atoms with van der Waals surface area (Å²) in [5.41, 5.74) is 2.77. The Hall–Kier alpha value is -1.39. The van der Waals surface area contributed by atoms with Gasteiger partial charge in [0.05, 0.1) is 6.54 Å². The predicted octanol–water partition coefficient (Wildman–Crippen LogP) is 2.41. The first-order valence-electron chi connectivity index (χ1n) is 8.58. The summed E-state index contributed by atoms with van der Waals surface area (Å²) in [5.74, 6) is 0.229. The van der Waals surface area contributed by atoms with Crippen LogP contribution in [0.2, 0.25) is 0 Å². The van der Waals surface area contributed by atoms with Gasteiger partial charge in [0, 0.05) is 32.2 Å². The average Bonchev–Trinajstić information content (AvgIpc) is 2.54. The highest BCUT2D eigenvalue weighted by Crippen LogP contribution is 2.25. The minimum absolute atomic E-state index is 0.173. The molecule has 1 saturated heterocycles. The van der Waals surface area contributed by atoms with E-state index in [2.05, 4.69) is 62.2 Å². The van der Waals surface area contributed by atoms with Crippen molar-refractivity contribution < 1.29 is 4.79 Å². The summed E-state index contributed by atoms with van der Waals surface area (Å²) in [7, 11) is 2.03. The number of benzene rings is 1. The van der Waals surface area contributed by atoms with E-state index < -0.39 is 0 Å². The molecule has 2 rings (SSSR count). The van der Waals surface area contributed by atoms with Crippen LogP contribution in [0.1, 0.15) is 44.9 Å². The molecule has 0 bridgehead atoms. The smallest absolute Gasteiger partial charge is 0.236 e. The largest absolute Gasteiger partial charge is 0.339 e. The molecule has 0 aliphatic carbocycles. The topological polar surface area (TPSA) is 35.6 Å². The molecule has 0 saturated carbocycles. The zero-order valence-electron chi connectivity index (χ0n) is 15.2. The van der Waals surface area contributed by atoms with Crippen LogP contribution in [0.25, 0.3) is 0 Å². The Kier molecular flexibility index (Phi) is 5.82. The number of rotatable bonds is 4. The van der Waals surface area contributed by atoms with Gasteiger partial charge in [0.25, 0.3) is 0 Å². The van der Waals surface area contributed by atoms with Gasteiger partial charge in [0.1, 0.15) is 0 Å². The molecular weight excluding hydrogens is 286 g/mol. The average molecular weight is 317 g/mol. The first kappa shape index (κ1) is 18.0. The Morgan fingerprint density at radius 2 is 1.78 bits per heavy atom. The maximum atomic E-state index is 12.4. The van der Waals surface area contributed by atoms with Crippen LogP contribution < -0.4 is 5.32 Å². The Balaban J connectivity index is 1.96. The molecule has 0 radical (unpaired) electrons. The molecule has 1 atom stereocenters. The minimum atomic E-state index is 0.173. The number of hydrogen-bond acceptors (Lipinski definition) is 3. The third-order valence-electron chi connectivity index (χ3n) is 4.77. The molecule has 23 heavy (non-hydrogen) atoms. The number of hydrogen-bond donors (Lipinski definition) is 1. The Morgan fingerprint density at radius 1 is 1.22 bits per heavy atom. The summed E-state index contributed by atoms with van der Waals surface area (Å²) in [4.78, 5) is 16.5. The van der Waals surface area contributed by atoms with Crippen LogP contribution in [0.4, 0.5) is 0 Å². The molecule has 1 heterocycles. The zero-order chi connectivity index (χ0) is 17.0. The lowest BCUT2D eigenvalue weighted by molar-refractivity contribution is -0.133. The van der Waals surface area contributed by atoms with Crippen molar-refractivity contribution in [1.29, 1.82) is 0 Å². The fraction of sp³-hybridized carbons (Fsp3) is 0.632. The van der Waals surface area contributed by atoms with E-state index in [1.165, 1.54) is 11.1 Å².